The van der Waals surface area contributed by atoms with Crippen LogP contribution in [0.3, 0.4) is 0 Å². The molecule has 0 aliphatic heterocycles. The van der Waals surface area contributed by atoms with Crippen LogP contribution in [0.4, 0.5) is 0 Å². The summed E-state index contributed by atoms with van der Waals surface area (Å²) in [5.74, 6) is 2.78. The summed E-state index contributed by atoms with van der Waals surface area (Å²) in [6.07, 6.45) is 0. The maximum Gasteiger partial charge on any atom is 0.191 e. The highest BCUT2D eigenvalue weighted by molar-refractivity contribution is 7.86. The number of nitrogens with zero attached hydrogens (tertiary/aromatic N) is 1. The zero-order valence-electron chi connectivity index (χ0n) is 16.1. The lowest BCUT2D eigenvalue weighted by atomic mass is 10.2. The fraction of sp³-hybridized carbons (Fsp3) is 0.611. The van der Waals surface area contributed by atoms with E-state index in [1.807, 2.05) is 45.9 Å². The predicted octanol–water partition coefficient (Wildman–Crippen LogP) is 2.31. The number of benzene rings is 1. The SMILES string of the molecule is CCNC(=NCc1ccc(OC)cc1OC)NCCS(=O)C(C)(C)C. The van der Waals surface area contributed by atoms with Crippen molar-refractivity contribution in [1.29, 1.82) is 0 Å². The minimum atomic E-state index is -0.886. The molecule has 1 rings (SSSR count). The van der Waals surface area contributed by atoms with Crippen LogP contribution in [0.2, 0.25) is 0 Å². The average molecular weight is 370 g/mol. The molecule has 6 nitrogen and oxygen atoms in total. The van der Waals surface area contributed by atoms with Crippen LogP contribution >= 0.6 is 0 Å². The van der Waals surface area contributed by atoms with Crippen LogP contribution in [0, 0.1) is 0 Å². The van der Waals surface area contributed by atoms with Gasteiger partial charge in [-0.1, -0.05) is 0 Å². The van der Waals surface area contributed by atoms with Gasteiger partial charge in [-0.05, 0) is 39.8 Å². The number of hydrogen-bond donors (Lipinski definition) is 2. The zero-order valence-corrected chi connectivity index (χ0v) is 17.0. The third-order valence-electron chi connectivity index (χ3n) is 3.51. The van der Waals surface area contributed by atoms with E-state index in [1.165, 1.54) is 0 Å². The van der Waals surface area contributed by atoms with Crippen LogP contribution < -0.4 is 20.1 Å². The fourth-order valence-electron chi connectivity index (χ4n) is 2.06. The van der Waals surface area contributed by atoms with Gasteiger partial charge in [-0.15, -0.1) is 0 Å². The standard InChI is InChI=1S/C18H31N3O3S/c1-7-19-17(20-10-11-25(22)18(2,3)4)21-13-14-8-9-15(23-5)12-16(14)24-6/h8-9,12H,7,10-11,13H2,1-6H3,(H2,19,20,21). The highest BCUT2D eigenvalue weighted by Crippen LogP contribution is 2.25. The molecule has 0 bridgehead atoms. The lowest BCUT2D eigenvalue weighted by Gasteiger charge is -2.18. The quantitative estimate of drug-likeness (QED) is 0.543. The molecular formula is C18H31N3O3S. The molecule has 0 saturated carbocycles. The van der Waals surface area contributed by atoms with Crippen LogP contribution in [0.5, 0.6) is 11.5 Å². The maximum atomic E-state index is 12.1. The average Bonchev–Trinajstić information content (AvgIpc) is 2.58. The Labute approximate surface area is 153 Å². The van der Waals surface area contributed by atoms with Crippen molar-refractivity contribution in [3.63, 3.8) is 0 Å². The minimum absolute atomic E-state index is 0.201. The van der Waals surface area contributed by atoms with E-state index in [1.54, 1.807) is 14.2 Å². The van der Waals surface area contributed by atoms with Gasteiger partial charge in [0, 0.05) is 46.0 Å². The van der Waals surface area contributed by atoms with Crippen molar-refractivity contribution in [2.45, 2.75) is 39.0 Å². The number of ether oxygens (including phenoxy) is 2. The van der Waals surface area contributed by atoms with Gasteiger partial charge in [-0.3, -0.25) is 4.21 Å². The van der Waals surface area contributed by atoms with Gasteiger partial charge in [0.15, 0.2) is 5.96 Å². The van der Waals surface area contributed by atoms with Gasteiger partial charge in [0.25, 0.3) is 0 Å². The first kappa shape index (κ1) is 21.3. The van der Waals surface area contributed by atoms with E-state index in [0.29, 0.717) is 24.8 Å². The molecule has 0 radical (unpaired) electrons. The minimum Gasteiger partial charge on any atom is -0.497 e. The molecule has 1 aromatic rings. The molecule has 0 aromatic heterocycles. The van der Waals surface area contributed by atoms with E-state index in [0.717, 1.165) is 23.6 Å². The van der Waals surface area contributed by atoms with Crippen molar-refractivity contribution in [2.24, 2.45) is 4.99 Å². The van der Waals surface area contributed by atoms with Crippen molar-refractivity contribution in [1.82, 2.24) is 10.6 Å². The second-order valence-corrected chi connectivity index (χ2v) is 8.79. The van der Waals surface area contributed by atoms with Crippen LogP contribution in [-0.2, 0) is 17.3 Å². The van der Waals surface area contributed by atoms with E-state index in [-0.39, 0.29) is 4.75 Å². The van der Waals surface area contributed by atoms with Crippen molar-refractivity contribution in [2.75, 3.05) is 33.1 Å². The summed E-state index contributed by atoms with van der Waals surface area (Å²) >= 11 is 0. The Bertz CT molecular complexity index is 598. The number of methoxy groups -OCH3 is 2. The number of nitrogens with one attached hydrogen (secondary N) is 2. The van der Waals surface area contributed by atoms with Gasteiger partial charge in [0.2, 0.25) is 0 Å². The summed E-state index contributed by atoms with van der Waals surface area (Å²) in [7, 11) is 2.37. The highest BCUT2D eigenvalue weighted by atomic mass is 32.2. The Hall–Kier alpha value is -1.76. The predicted molar refractivity (Wildman–Crippen MR) is 105 cm³/mol. The van der Waals surface area contributed by atoms with Gasteiger partial charge in [-0.2, -0.15) is 0 Å². The Morgan fingerprint density at radius 3 is 2.48 bits per heavy atom. The van der Waals surface area contributed by atoms with Crippen molar-refractivity contribution in [3.8, 4) is 11.5 Å². The number of rotatable bonds is 8. The first-order valence-corrected chi connectivity index (χ1v) is 9.75. The summed E-state index contributed by atoms with van der Waals surface area (Å²) in [4.78, 5) is 4.58. The molecule has 0 aliphatic rings. The molecule has 2 N–H and O–H groups in total. The van der Waals surface area contributed by atoms with Crippen LogP contribution in [0.25, 0.3) is 0 Å². The summed E-state index contributed by atoms with van der Waals surface area (Å²) < 4.78 is 22.5. The van der Waals surface area contributed by atoms with Crippen molar-refractivity contribution in [3.05, 3.63) is 23.8 Å². The molecule has 0 saturated heterocycles. The second-order valence-electron chi connectivity index (χ2n) is 6.46. The first-order valence-electron chi connectivity index (χ1n) is 8.43. The lowest BCUT2D eigenvalue weighted by Crippen LogP contribution is -2.40. The molecule has 0 fully saturated rings. The summed E-state index contributed by atoms with van der Waals surface area (Å²) in [5.41, 5.74) is 0.971. The molecule has 0 amide bonds. The van der Waals surface area contributed by atoms with Crippen LogP contribution in [0.1, 0.15) is 33.3 Å². The Kier molecular flexibility index (Phi) is 8.75. The largest absolute Gasteiger partial charge is 0.497 e. The zero-order chi connectivity index (χ0) is 18.9. The fourth-order valence-corrected chi connectivity index (χ4v) is 2.96. The van der Waals surface area contributed by atoms with Gasteiger partial charge >= 0.3 is 0 Å². The van der Waals surface area contributed by atoms with E-state index in [4.69, 9.17) is 9.47 Å². The molecule has 25 heavy (non-hydrogen) atoms. The smallest absolute Gasteiger partial charge is 0.191 e. The van der Waals surface area contributed by atoms with Gasteiger partial charge in [-0.25, -0.2) is 4.99 Å². The molecule has 7 heteroatoms. The molecule has 1 unspecified atom stereocenters. The van der Waals surface area contributed by atoms with E-state index < -0.39 is 10.8 Å². The number of hydrogen-bond acceptors (Lipinski definition) is 4. The molecule has 1 aromatic carbocycles. The topological polar surface area (TPSA) is 72.0 Å². The normalized spacial score (nSPS) is 13.3. The maximum absolute atomic E-state index is 12.1. The molecular weight excluding hydrogens is 338 g/mol. The molecule has 0 aliphatic carbocycles. The number of guanidine groups is 1. The van der Waals surface area contributed by atoms with Crippen molar-refractivity contribution < 1.29 is 13.7 Å². The van der Waals surface area contributed by atoms with Gasteiger partial charge < -0.3 is 20.1 Å². The van der Waals surface area contributed by atoms with Gasteiger partial charge in [0.05, 0.1) is 20.8 Å². The van der Waals surface area contributed by atoms with Crippen molar-refractivity contribution >= 4 is 16.8 Å². The molecule has 1 atom stereocenters. The summed E-state index contributed by atoms with van der Waals surface area (Å²) in [6, 6.07) is 5.68. The Morgan fingerprint density at radius 2 is 1.92 bits per heavy atom. The first-order chi connectivity index (χ1) is 11.8. The van der Waals surface area contributed by atoms with E-state index in [9.17, 15) is 4.21 Å². The molecule has 0 spiro atoms. The Balaban J connectivity index is 2.71. The Morgan fingerprint density at radius 1 is 1.20 bits per heavy atom. The van der Waals surface area contributed by atoms with Gasteiger partial charge in [0.1, 0.15) is 11.5 Å². The monoisotopic (exact) mass is 369 g/mol. The highest BCUT2D eigenvalue weighted by Gasteiger charge is 2.18. The van der Waals surface area contributed by atoms with Crippen LogP contribution in [-0.4, -0.2) is 48.0 Å². The van der Waals surface area contributed by atoms with E-state index >= 15 is 0 Å². The second kappa shape index (κ2) is 10.3. The lowest BCUT2D eigenvalue weighted by molar-refractivity contribution is 0.391. The summed E-state index contributed by atoms with van der Waals surface area (Å²) in [6.45, 7) is 9.81. The van der Waals surface area contributed by atoms with E-state index in [2.05, 4.69) is 15.6 Å². The van der Waals surface area contributed by atoms with Crippen LogP contribution in [0.15, 0.2) is 23.2 Å². The number of aliphatic imine (C=N–C) groups is 1. The third-order valence-corrected chi connectivity index (χ3v) is 5.45. The molecule has 0 heterocycles. The molecule has 142 valence electrons. The third kappa shape index (κ3) is 7.34. The summed E-state index contributed by atoms with van der Waals surface area (Å²) in [5, 5.41) is 6.43.